The summed E-state index contributed by atoms with van der Waals surface area (Å²) in [5, 5.41) is 0. The summed E-state index contributed by atoms with van der Waals surface area (Å²) in [6, 6.07) is 32.6. The lowest BCUT2D eigenvalue weighted by Crippen LogP contribution is -2.46. The minimum Gasteiger partial charge on any atom is -0.493 e. The summed E-state index contributed by atoms with van der Waals surface area (Å²) in [5.41, 5.74) is 8.10. The van der Waals surface area contributed by atoms with Gasteiger partial charge in [0, 0.05) is 13.0 Å². The number of para-hydroxylation sites is 2. The summed E-state index contributed by atoms with van der Waals surface area (Å²) in [4.78, 5) is 45.8. The Hall–Kier alpha value is -6.04. The van der Waals surface area contributed by atoms with Crippen LogP contribution in [0.25, 0.3) is 0 Å². The van der Waals surface area contributed by atoms with Crippen LogP contribution in [0.4, 0.5) is 15.3 Å². The first-order valence-corrected chi connectivity index (χ1v) is 18.3. The highest BCUT2D eigenvalue weighted by Gasteiger charge is 2.34. The molecule has 0 bridgehead atoms. The molecule has 1 heterocycles. The lowest BCUT2D eigenvalue weighted by Gasteiger charge is -2.34. The molecule has 4 aromatic rings. The highest BCUT2D eigenvalue weighted by Crippen LogP contribution is 2.36. The molecule has 1 atom stereocenters. The number of amides is 3. The number of nitrogens with two attached hydrogens (primary N) is 1. The first-order valence-electron chi connectivity index (χ1n) is 18.3. The third-order valence-electron chi connectivity index (χ3n) is 8.14. The number of hydrogen-bond acceptors (Lipinski definition) is 8. The molecule has 0 radical (unpaired) electrons. The summed E-state index contributed by atoms with van der Waals surface area (Å²) >= 11 is 0. The molecule has 290 valence electrons. The number of carbonyl (C=O) groups excluding carboxylic acids is 3. The van der Waals surface area contributed by atoms with E-state index in [9.17, 15) is 14.4 Å². The highest BCUT2D eigenvalue weighted by atomic mass is 16.6. The van der Waals surface area contributed by atoms with Crippen LogP contribution in [0.5, 0.6) is 17.2 Å². The SMILES string of the molecule is CC(C)(C)OC(=O)N=C(N)N(CCc1ccc(OCCC2Oc3ccccc3N(Cc3cccc(OCc4ccccc4)c3)C2=O)cc1)C(=O)OC(C)(C)C. The molecule has 0 aromatic heterocycles. The molecule has 3 amide bonds. The average molecular weight is 751 g/mol. The highest BCUT2D eigenvalue weighted by molar-refractivity contribution is 6.00. The fourth-order valence-electron chi connectivity index (χ4n) is 5.61. The molecule has 1 unspecified atom stereocenters. The summed E-state index contributed by atoms with van der Waals surface area (Å²) < 4.78 is 29.0. The van der Waals surface area contributed by atoms with E-state index in [1.165, 1.54) is 0 Å². The van der Waals surface area contributed by atoms with Crippen molar-refractivity contribution in [3.63, 3.8) is 0 Å². The summed E-state index contributed by atoms with van der Waals surface area (Å²) in [6.07, 6.45) is -1.68. The van der Waals surface area contributed by atoms with Crippen molar-refractivity contribution in [1.82, 2.24) is 4.90 Å². The largest absolute Gasteiger partial charge is 0.493 e. The molecule has 55 heavy (non-hydrogen) atoms. The van der Waals surface area contributed by atoms with Gasteiger partial charge in [0.1, 0.15) is 35.1 Å². The van der Waals surface area contributed by atoms with Gasteiger partial charge in [0.05, 0.1) is 18.8 Å². The van der Waals surface area contributed by atoms with Crippen molar-refractivity contribution in [2.24, 2.45) is 10.7 Å². The van der Waals surface area contributed by atoms with Crippen molar-refractivity contribution < 1.29 is 38.1 Å². The van der Waals surface area contributed by atoms with E-state index in [0.29, 0.717) is 43.2 Å². The number of rotatable bonds is 12. The summed E-state index contributed by atoms with van der Waals surface area (Å²) in [6.45, 7) is 11.5. The molecule has 5 rings (SSSR count). The molecule has 0 saturated heterocycles. The molecule has 0 saturated carbocycles. The van der Waals surface area contributed by atoms with Crippen molar-refractivity contribution >= 4 is 29.7 Å². The number of nitrogens with zero attached hydrogens (tertiary/aromatic N) is 3. The zero-order chi connectivity index (χ0) is 39.6. The minimum atomic E-state index is -0.910. The number of ether oxygens (including phenoxy) is 5. The first kappa shape index (κ1) is 40.2. The topological polar surface area (TPSA) is 142 Å². The molecule has 1 aliphatic rings. The van der Waals surface area contributed by atoms with Crippen LogP contribution in [-0.4, -0.2) is 59.4 Å². The molecular formula is C43H50N4O8. The van der Waals surface area contributed by atoms with Crippen LogP contribution in [0.1, 0.15) is 64.7 Å². The van der Waals surface area contributed by atoms with Crippen molar-refractivity contribution in [3.05, 3.63) is 120 Å². The maximum Gasteiger partial charge on any atom is 0.437 e. The smallest absolute Gasteiger partial charge is 0.437 e. The first-order chi connectivity index (χ1) is 26.1. The Morgan fingerprint density at radius 1 is 0.782 bits per heavy atom. The van der Waals surface area contributed by atoms with Crippen LogP contribution in [0.15, 0.2) is 108 Å². The number of aliphatic imine (C=N–C) groups is 1. The molecular weight excluding hydrogens is 700 g/mol. The lowest BCUT2D eigenvalue weighted by molar-refractivity contribution is -0.127. The van der Waals surface area contributed by atoms with Crippen LogP contribution in [-0.2, 0) is 33.8 Å². The maximum atomic E-state index is 13.8. The summed E-state index contributed by atoms with van der Waals surface area (Å²) in [5.74, 6) is 1.47. The Morgan fingerprint density at radius 3 is 2.16 bits per heavy atom. The Morgan fingerprint density at radius 2 is 1.45 bits per heavy atom. The number of benzene rings is 4. The quantitative estimate of drug-likeness (QED) is 0.112. The van der Waals surface area contributed by atoms with Gasteiger partial charge in [-0.2, -0.15) is 0 Å². The second kappa shape index (κ2) is 17.9. The Bertz CT molecular complexity index is 1950. The van der Waals surface area contributed by atoms with Gasteiger partial charge in [-0.3, -0.25) is 4.79 Å². The van der Waals surface area contributed by atoms with Gasteiger partial charge in [-0.15, -0.1) is 4.99 Å². The fourth-order valence-corrected chi connectivity index (χ4v) is 5.61. The van der Waals surface area contributed by atoms with E-state index < -0.39 is 29.5 Å². The van der Waals surface area contributed by atoms with Gasteiger partial charge in [-0.1, -0.05) is 66.7 Å². The molecule has 0 aliphatic carbocycles. The van der Waals surface area contributed by atoms with E-state index in [0.717, 1.165) is 27.3 Å². The second-order valence-electron chi connectivity index (χ2n) is 15.0. The maximum absolute atomic E-state index is 13.8. The standard InChI is InChI=1S/C43H50N4O8/c1-42(2,3)54-40(49)45-39(44)46(41(50)55-43(4,5)6)25-23-30-19-21-33(22-20-30)51-26-24-37-38(48)47(35-17-10-11-18-36(35)53-37)28-32-15-12-16-34(27-32)52-29-31-13-8-7-9-14-31/h7-22,27,37H,23-26,28-29H2,1-6H3,(H2,44,45,49). The van der Waals surface area contributed by atoms with Crippen LogP contribution in [0.2, 0.25) is 0 Å². The van der Waals surface area contributed by atoms with Gasteiger partial charge in [0.15, 0.2) is 6.10 Å². The average Bonchev–Trinajstić information content (AvgIpc) is 3.12. The van der Waals surface area contributed by atoms with Gasteiger partial charge < -0.3 is 34.3 Å². The summed E-state index contributed by atoms with van der Waals surface area (Å²) in [7, 11) is 0. The molecule has 4 aromatic carbocycles. The second-order valence-corrected chi connectivity index (χ2v) is 15.0. The lowest BCUT2D eigenvalue weighted by atomic mass is 10.1. The van der Waals surface area contributed by atoms with E-state index in [-0.39, 0.29) is 25.0 Å². The van der Waals surface area contributed by atoms with Crippen LogP contribution in [0, 0.1) is 0 Å². The third kappa shape index (κ3) is 12.2. The van der Waals surface area contributed by atoms with E-state index in [4.69, 9.17) is 29.4 Å². The third-order valence-corrected chi connectivity index (χ3v) is 8.14. The van der Waals surface area contributed by atoms with E-state index in [2.05, 4.69) is 4.99 Å². The number of carbonyl (C=O) groups is 3. The van der Waals surface area contributed by atoms with Crippen molar-refractivity contribution in [2.45, 2.75) is 84.8 Å². The van der Waals surface area contributed by atoms with E-state index >= 15 is 0 Å². The predicted octanol–water partition coefficient (Wildman–Crippen LogP) is 8.06. The van der Waals surface area contributed by atoms with Gasteiger partial charge in [0.25, 0.3) is 5.91 Å². The van der Waals surface area contributed by atoms with Crippen molar-refractivity contribution in [2.75, 3.05) is 18.1 Å². The zero-order valence-corrected chi connectivity index (χ0v) is 32.3. The van der Waals surface area contributed by atoms with Crippen LogP contribution >= 0.6 is 0 Å². The minimum absolute atomic E-state index is 0.0946. The van der Waals surface area contributed by atoms with E-state index in [1.54, 1.807) is 46.4 Å². The molecule has 0 fully saturated rings. The Labute approximate surface area is 322 Å². The van der Waals surface area contributed by atoms with Gasteiger partial charge >= 0.3 is 12.2 Å². The Balaban J connectivity index is 1.17. The number of fused-ring (bicyclic) bond motifs is 1. The monoisotopic (exact) mass is 750 g/mol. The molecule has 2 N–H and O–H groups in total. The molecule has 1 aliphatic heterocycles. The van der Waals surface area contributed by atoms with Crippen LogP contribution in [0.3, 0.4) is 0 Å². The molecule has 12 nitrogen and oxygen atoms in total. The zero-order valence-electron chi connectivity index (χ0n) is 32.3. The van der Waals surface area contributed by atoms with Crippen molar-refractivity contribution in [3.8, 4) is 17.2 Å². The number of guanidine groups is 1. The number of anilines is 1. The number of hydrogen-bond donors (Lipinski definition) is 1. The fraction of sp³-hybridized carbons (Fsp3) is 0.349. The Kier molecular flexibility index (Phi) is 13.0. The molecule has 12 heteroatoms. The van der Waals surface area contributed by atoms with Gasteiger partial charge in [-0.05, 0) is 101 Å². The van der Waals surface area contributed by atoms with E-state index in [1.807, 2.05) is 103 Å². The molecule has 0 spiro atoms. The van der Waals surface area contributed by atoms with Gasteiger partial charge in [-0.25, -0.2) is 14.5 Å². The predicted molar refractivity (Wildman–Crippen MR) is 210 cm³/mol. The van der Waals surface area contributed by atoms with Gasteiger partial charge in [0.2, 0.25) is 5.96 Å². The normalized spacial score (nSPS) is 14.4. The van der Waals surface area contributed by atoms with Crippen molar-refractivity contribution in [1.29, 1.82) is 0 Å². The van der Waals surface area contributed by atoms with Crippen LogP contribution < -0.4 is 24.8 Å².